The maximum atomic E-state index is 11.5. The van der Waals surface area contributed by atoms with Crippen molar-refractivity contribution >= 4 is 16.5 Å². The van der Waals surface area contributed by atoms with E-state index in [4.69, 9.17) is 0 Å². The van der Waals surface area contributed by atoms with E-state index >= 15 is 0 Å². The molecule has 24 heavy (non-hydrogen) atoms. The summed E-state index contributed by atoms with van der Waals surface area (Å²) >= 11 is 0. The van der Waals surface area contributed by atoms with Crippen molar-refractivity contribution in [2.24, 2.45) is 0 Å². The van der Waals surface area contributed by atoms with Crippen LogP contribution < -0.4 is 10.0 Å². The molecule has 0 saturated carbocycles. The molecule has 0 aromatic heterocycles. The highest BCUT2D eigenvalue weighted by molar-refractivity contribution is 5.85. The molecule has 0 bridgehead atoms. The molecule has 122 valence electrons. The van der Waals surface area contributed by atoms with Gasteiger partial charge in [-0.2, -0.15) is 0 Å². The number of hydrogen-bond acceptors (Lipinski definition) is 3. The van der Waals surface area contributed by atoms with Crippen LogP contribution in [0.1, 0.15) is 11.1 Å². The summed E-state index contributed by atoms with van der Waals surface area (Å²) in [4.78, 5) is 11.5. The second kappa shape index (κ2) is 6.68. The number of hydrogen-bond donors (Lipinski definition) is 1. The monoisotopic (exact) mass is 322 g/mol. The van der Waals surface area contributed by atoms with E-state index in [0.29, 0.717) is 6.54 Å². The van der Waals surface area contributed by atoms with E-state index in [9.17, 15) is 15.2 Å². The Morgan fingerprint density at radius 3 is 2.54 bits per heavy atom. The van der Waals surface area contributed by atoms with Crippen molar-refractivity contribution in [3.8, 4) is 5.75 Å². The molecule has 0 aliphatic rings. The number of nitro benzene ring substituents is 1. The first-order valence-corrected chi connectivity index (χ1v) is 7.77. The zero-order valence-electron chi connectivity index (χ0n) is 13.4. The van der Waals surface area contributed by atoms with Crippen molar-refractivity contribution < 1.29 is 14.9 Å². The maximum absolute atomic E-state index is 11.5. The van der Waals surface area contributed by atoms with E-state index in [2.05, 4.69) is 24.3 Å². The van der Waals surface area contributed by atoms with Crippen LogP contribution in [0.3, 0.4) is 0 Å². The number of fused-ring (bicyclic) bond motifs is 1. The van der Waals surface area contributed by atoms with Gasteiger partial charge in [-0.05, 0) is 16.5 Å². The average Bonchev–Trinajstić information content (AvgIpc) is 2.56. The molecule has 0 heterocycles. The Kier molecular flexibility index (Phi) is 4.44. The standard InChI is InChI=1S/C19H18N2O3/c1-20(12-14-9-10-19(22)18(11-14)21(23)24)13-16-7-4-6-15-5-2-3-8-17(15)16/h2-11,22H,12-13H2,1H3. The fraction of sp³-hybridized carbons (Fsp3) is 0.158. The van der Waals surface area contributed by atoms with Crippen molar-refractivity contribution in [2.45, 2.75) is 13.1 Å². The Hall–Kier alpha value is -2.92. The van der Waals surface area contributed by atoms with E-state index in [1.807, 2.05) is 25.2 Å². The highest BCUT2D eigenvalue weighted by Gasteiger charge is 2.12. The predicted molar refractivity (Wildman–Crippen MR) is 90.8 cm³/mol. The Bertz CT molecular complexity index is 887. The lowest BCUT2D eigenvalue weighted by Gasteiger charge is -2.16. The second-order valence-electron chi connectivity index (χ2n) is 6.01. The SMILES string of the molecule is C[NH+](Cc1ccc([O-])c([N+](=O)[O-])c1)Cc1cccc2ccccc12. The fourth-order valence-corrected chi connectivity index (χ4v) is 3.00. The number of nitro groups is 1. The van der Waals surface area contributed by atoms with Crippen molar-refractivity contribution in [1.82, 2.24) is 0 Å². The first-order valence-electron chi connectivity index (χ1n) is 7.77. The third-order valence-corrected chi connectivity index (χ3v) is 4.10. The molecular formula is C19H18N2O3. The Morgan fingerprint density at radius 1 is 1.00 bits per heavy atom. The molecule has 0 radical (unpaired) electrons. The van der Waals surface area contributed by atoms with Gasteiger partial charge in [0.15, 0.2) is 0 Å². The third kappa shape index (κ3) is 3.36. The zero-order valence-corrected chi connectivity index (χ0v) is 13.4. The minimum atomic E-state index is -0.619. The predicted octanol–water partition coefficient (Wildman–Crippen LogP) is 2.04. The molecule has 0 amide bonds. The molecule has 0 aliphatic carbocycles. The number of rotatable bonds is 5. The van der Waals surface area contributed by atoms with Crippen LogP contribution in [0.5, 0.6) is 5.75 Å². The normalized spacial score (nSPS) is 12.2. The minimum absolute atomic E-state index is 0.356. The smallest absolute Gasteiger partial charge is 0.262 e. The third-order valence-electron chi connectivity index (χ3n) is 4.10. The summed E-state index contributed by atoms with van der Waals surface area (Å²) < 4.78 is 0. The summed E-state index contributed by atoms with van der Waals surface area (Å²) in [6.45, 7) is 1.42. The van der Waals surface area contributed by atoms with E-state index in [-0.39, 0.29) is 5.69 Å². The highest BCUT2D eigenvalue weighted by atomic mass is 16.6. The molecule has 0 aliphatic heterocycles. The van der Waals surface area contributed by atoms with Crippen LogP contribution in [0.4, 0.5) is 5.69 Å². The molecule has 1 atom stereocenters. The van der Waals surface area contributed by atoms with Crippen LogP contribution in [-0.2, 0) is 13.1 Å². The fourth-order valence-electron chi connectivity index (χ4n) is 3.00. The minimum Gasteiger partial charge on any atom is -0.868 e. The average molecular weight is 322 g/mol. The first-order chi connectivity index (χ1) is 11.5. The number of quaternary nitrogens is 1. The highest BCUT2D eigenvalue weighted by Crippen LogP contribution is 2.23. The van der Waals surface area contributed by atoms with Gasteiger partial charge >= 0.3 is 0 Å². The van der Waals surface area contributed by atoms with Gasteiger partial charge in [0.1, 0.15) is 13.1 Å². The van der Waals surface area contributed by atoms with Crippen molar-refractivity contribution in [3.05, 3.63) is 81.9 Å². The molecule has 0 saturated heterocycles. The zero-order chi connectivity index (χ0) is 17.1. The molecule has 0 spiro atoms. The van der Waals surface area contributed by atoms with Gasteiger partial charge in [-0.25, -0.2) is 0 Å². The van der Waals surface area contributed by atoms with Gasteiger partial charge in [0.25, 0.3) is 5.69 Å². The van der Waals surface area contributed by atoms with Crippen LogP contribution in [0.2, 0.25) is 0 Å². The lowest BCUT2D eigenvalue weighted by molar-refractivity contribution is -0.907. The van der Waals surface area contributed by atoms with Crippen LogP contribution in [-0.4, -0.2) is 12.0 Å². The Morgan fingerprint density at radius 2 is 1.75 bits per heavy atom. The number of nitrogens with one attached hydrogen (secondary N) is 1. The maximum Gasteiger partial charge on any atom is 0.262 e. The number of benzene rings is 3. The summed E-state index contributed by atoms with van der Waals surface area (Å²) in [5.74, 6) is -0.546. The van der Waals surface area contributed by atoms with Gasteiger partial charge < -0.3 is 10.0 Å². The lowest BCUT2D eigenvalue weighted by Crippen LogP contribution is -3.06. The van der Waals surface area contributed by atoms with Crippen LogP contribution in [0, 0.1) is 10.1 Å². The van der Waals surface area contributed by atoms with Gasteiger partial charge in [-0.15, -0.1) is 0 Å². The topological polar surface area (TPSA) is 70.6 Å². The van der Waals surface area contributed by atoms with Crippen LogP contribution in [0.25, 0.3) is 10.8 Å². The van der Waals surface area contributed by atoms with Crippen molar-refractivity contribution in [1.29, 1.82) is 0 Å². The van der Waals surface area contributed by atoms with Crippen molar-refractivity contribution in [3.63, 3.8) is 0 Å². The van der Waals surface area contributed by atoms with Gasteiger partial charge in [-0.3, -0.25) is 10.1 Å². The molecule has 1 unspecified atom stereocenters. The molecule has 3 aromatic rings. The van der Waals surface area contributed by atoms with E-state index in [1.165, 1.54) is 33.4 Å². The van der Waals surface area contributed by atoms with E-state index in [0.717, 1.165) is 12.1 Å². The Balaban J connectivity index is 1.79. The van der Waals surface area contributed by atoms with E-state index < -0.39 is 10.7 Å². The van der Waals surface area contributed by atoms with Crippen molar-refractivity contribution in [2.75, 3.05) is 7.05 Å². The quantitative estimate of drug-likeness (QED) is 0.577. The lowest BCUT2D eigenvalue weighted by atomic mass is 10.0. The van der Waals surface area contributed by atoms with Crippen LogP contribution in [0.15, 0.2) is 60.7 Å². The Labute approximate surface area is 139 Å². The molecule has 3 rings (SSSR count). The molecule has 5 nitrogen and oxygen atoms in total. The summed E-state index contributed by atoms with van der Waals surface area (Å²) in [7, 11) is 2.04. The second-order valence-corrected chi connectivity index (χ2v) is 6.01. The summed E-state index contributed by atoms with van der Waals surface area (Å²) in [5, 5.41) is 24.8. The molecule has 5 heteroatoms. The first kappa shape index (κ1) is 16.0. The summed E-state index contributed by atoms with van der Waals surface area (Å²) in [5.41, 5.74) is 1.67. The van der Waals surface area contributed by atoms with E-state index in [1.54, 1.807) is 6.07 Å². The van der Waals surface area contributed by atoms with Gasteiger partial charge in [0.05, 0.1) is 12.0 Å². The van der Waals surface area contributed by atoms with Gasteiger partial charge in [-0.1, -0.05) is 54.6 Å². The molecule has 3 aromatic carbocycles. The summed E-state index contributed by atoms with van der Waals surface area (Å²) in [6.07, 6.45) is 0. The molecule has 0 fully saturated rings. The summed E-state index contributed by atoms with van der Waals surface area (Å²) in [6, 6.07) is 18.8. The van der Waals surface area contributed by atoms with Gasteiger partial charge in [0, 0.05) is 17.2 Å². The van der Waals surface area contributed by atoms with Crippen LogP contribution >= 0.6 is 0 Å². The van der Waals surface area contributed by atoms with Gasteiger partial charge in [0.2, 0.25) is 0 Å². The molecule has 1 N–H and O–H groups in total. The number of nitrogens with zero attached hydrogens (tertiary/aromatic N) is 1. The largest absolute Gasteiger partial charge is 0.868 e. The molecular weight excluding hydrogens is 304 g/mol.